The van der Waals surface area contributed by atoms with E-state index in [2.05, 4.69) is 32.9 Å². The van der Waals surface area contributed by atoms with Crippen LogP contribution in [-0.4, -0.2) is 17.6 Å². The predicted octanol–water partition coefficient (Wildman–Crippen LogP) is 3.60. The molecule has 4 nitrogen and oxygen atoms in total. The molecule has 0 amide bonds. The molecule has 0 atom stereocenters. The van der Waals surface area contributed by atoms with Crippen LogP contribution in [0.4, 0.5) is 10.8 Å². The number of nitrogens with one attached hydrogen (secondary N) is 1. The number of benzene rings is 1. The van der Waals surface area contributed by atoms with Crippen LogP contribution < -0.4 is 5.32 Å². The first kappa shape index (κ1) is 14.3. The minimum Gasteiger partial charge on any atom is -0.466 e. The Kier molecular flexibility index (Phi) is 5.15. The van der Waals surface area contributed by atoms with Crippen molar-refractivity contribution in [3.8, 4) is 0 Å². The Labute approximate surface area is 129 Å². The number of hydrogen-bond donors (Lipinski definition) is 1. The largest absolute Gasteiger partial charge is 0.466 e. The van der Waals surface area contributed by atoms with E-state index >= 15 is 0 Å². The third-order valence-corrected chi connectivity index (χ3v) is 3.80. The fourth-order valence-corrected chi connectivity index (χ4v) is 2.55. The minimum atomic E-state index is -0.242. The normalized spacial score (nSPS) is 10.2. The van der Waals surface area contributed by atoms with Gasteiger partial charge in [-0.1, -0.05) is 0 Å². The van der Waals surface area contributed by atoms with Crippen LogP contribution in [0, 0.1) is 3.57 Å². The van der Waals surface area contributed by atoms with Gasteiger partial charge in [-0.05, 0) is 53.8 Å². The van der Waals surface area contributed by atoms with Gasteiger partial charge < -0.3 is 10.1 Å². The van der Waals surface area contributed by atoms with Crippen molar-refractivity contribution in [1.82, 2.24) is 4.98 Å². The number of aromatic nitrogens is 1. The molecule has 1 aromatic carbocycles. The summed E-state index contributed by atoms with van der Waals surface area (Å²) in [5.41, 5.74) is 1.72. The van der Waals surface area contributed by atoms with Crippen LogP contribution in [0.5, 0.6) is 0 Å². The maximum absolute atomic E-state index is 11.3. The van der Waals surface area contributed by atoms with Crippen LogP contribution in [-0.2, 0) is 16.0 Å². The third-order valence-electron chi connectivity index (χ3n) is 2.28. The van der Waals surface area contributed by atoms with Crippen molar-refractivity contribution in [1.29, 1.82) is 0 Å². The molecule has 0 bridgehead atoms. The van der Waals surface area contributed by atoms with Crippen LogP contribution >= 0.6 is 33.9 Å². The molecule has 0 fully saturated rings. The molecule has 100 valence electrons. The van der Waals surface area contributed by atoms with Gasteiger partial charge in [-0.3, -0.25) is 4.79 Å². The molecule has 0 aliphatic rings. The average molecular weight is 388 g/mol. The smallest absolute Gasteiger partial charge is 0.311 e. The second-order valence-electron chi connectivity index (χ2n) is 3.76. The number of halogens is 1. The van der Waals surface area contributed by atoms with E-state index in [-0.39, 0.29) is 12.4 Å². The minimum absolute atomic E-state index is 0.221. The molecule has 0 radical (unpaired) electrons. The summed E-state index contributed by atoms with van der Waals surface area (Å²) < 4.78 is 6.08. The number of nitrogens with zero attached hydrogens (tertiary/aromatic N) is 1. The molecule has 0 saturated heterocycles. The van der Waals surface area contributed by atoms with Crippen molar-refractivity contribution in [3.63, 3.8) is 0 Å². The van der Waals surface area contributed by atoms with E-state index in [4.69, 9.17) is 4.74 Å². The van der Waals surface area contributed by atoms with Gasteiger partial charge in [0.2, 0.25) is 0 Å². The molecule has 0 spiro atoms. The number of carbonyl (C=O) groups is 1. The third kappa shape index (κ3) is 4.46. The van der Waals surface area contributed by atoms with Gasteiger partial charge in [0, 0.05) is 14.6 Å². The number of ether oxygens (including phenoxy) is 1. The highest BCUT2D eigenvalue weighted by atomic mass is 127. The summed E-state index contributed by atoms with van der Waals surface area (Å²) in [6.07, 6.45) is 0.221. The topological polar surface area (TPSA) is 51.2 Å². The summed E-state index contributed by atoms with van der Waals surface area (Å²) in [5.74, 6) is -0.242. The second kappa shape index (κ2) is 6.85. The lowest BCUT2D eigenvalue weighted by atomic mass is 10.3. The van der Waals surface area contributed by atoms with Crippen LogP contribution in [0.3, 0.4) is 0 Å². The highest BCUT2D eigenvalue weighted by Gasteiger charge is 2.08. The second-order valence-corrected chi connectivity index (χ2v) is 5.86. The SMILES string of the molecule is CCOC(=O)Cc1csc(Nc2ccc(I)cc2)n1. The lowest BCUT2D eigenvalue weighted by molar-refractivity contribution is -0.142. The van der Waals surface area contributed by atoms with Gasteiger partial charge in [0.05, 0.1) is 18.7 Å². The summed E-state index contributed by atoms with van der Waals surface area (Å²) >= 11 is 3.74. The molecule has 2 rings (SSSR count). The zero-order chi connectivity index (χ0) is 13.7. The van der Waals surface area contributed by atoms with Gasteiger partial charge in [0.15, 0.2) is 5.13 Å². The van der Waals surface area contributed by atoms with Gasteiger partial charge in [0.1, 0.15) is 0 Å². The van der Waals surface area contributed by atoms with E-state index in [1.165, 1.54) is 14.9 Å². The lowest BCUT2D eigenvalue weighted by Crippen LogP contribution is -2.07. The van der Waals surface area contributed by atoms with E-state index in [0.717, 1.165) is 16.5 Å². The van der Waals surface area contributed by atoms with Gasteiger partial charge in [0.25, 0.3) is 0 Å². The number of esters is 1. The number of rotatable bonds is 5. The summed E-state index contributed by atoms with van der Waals surface area (Å²) in [4.78, 5) is 15.7. The Bertz CT molecular complexity index is 554. The van der Waals surface area contributed by atoms with E-state index in [1.54, 1.807) is 6.92 Å². The van der Waals surface area contributed by atoms with Gasteiger partial charge in [-0.25, -0.2) is 4.98 Å². The molecule has 0 aliphatic carbocycles. The zero-order valence-corrected chi connectivity index (χ0v) is 13.3. The molecule has 6 heteroatoms. The molecule has 1 N–H and O–H groups in total. The first-order valence-electron chi connectivity index (χ1n) is 5.80. The Hall–Kier alpha value is -1.15. The van der Waals surface area contributed by atoms with E-state index in [1.807, 2.05) is 29.6 Å². The first-order valence-corrected chi connectivity index (χ1v) is 7.76. The molecule has 1 heterocycles. The zero-order valence-electron chi connectivity index (χ0n) is 10.4. The molecule has 0 unspecified atom stereocenters. The maximum atomic E-state index is 11.3. The predicted molar refractivity (Wildman–Crippen MR) is 84.9 cm³/mol. The van der Waals surface area contributed by atoms with Crippen LogP contribution in [0.15, 0.2) is 29.6 Å². The summed E-state index contributed by atoms with van der Waals surface area (Å²) in [6.45, 7) is 2.19. The fourth-order valence-electron chi connectivity index (χ4n) is 1.46. The monoisotopic (exact) mass is 388 g/mol. The van der Waals surface area contributed by atoms with Crippen LogP contribution in [0.25, 0.3) is 0 Å². The molecule has 0 aliphatic heterocycles. The standard InChI is InChI=1S/C13H13IN2O2S/c1-2-18-12(17)7-11-8-19-13(16-11)15-10-5-3-9(14)4-6-10/h3-6,8H,2,7H2,1H3,(H,15,16). The highest BCUT2D eigenvalue weighted by Crippen LogP contribution is 2.21. The molecule has 1 aromatic heterocycles. The number of hydrogen-bond acceptors (Lipinski definition) is 5. The molecule has 2 aromatic rings. The van der Waals surface area contributed by atoms with Crippen molar-refractivity contribution < 1.29 is 9.53 Å². The Balaban J connectivity index is 1.97. The molecule has 19 heavy (non-hydrogen) atoms. The van der Waals surface area contributed by atoms with Crippen molar-refractivity contribution >= 4 is 50.7 Å². The summed E-state index contributed by atoms with van der Waals surface area (Å²) in [5, 5.41) is 5.85. The van der Waals surface area contributed by atoms with Gasteiger partial charge in [-0.2, -0.15) is 0 Å². The lowest BCUT2D eigenvalue weighted by Gasteiger charge is -2.02. The van der Waals surface area contributed by atoms with Gasteiger partial charge in [-0.15, -0.1) is 11.3 Å². The van der Waals surface area contributed by atoms with Crippen LogP contribution in [0.2, 0.25) is 0 Å². The van der Waals surface area contributed by atoms with Crippen molar-refractivity contribution in [2.75, 3.05) is 11.9 Å². The Morgan fingerprint density at radius 1 is 1.42 bits per heavy atom. The van der Waals surface area contributed by atoms with E-state index < -0.39 is 0 Å². The van der Waals surface area contributed by atoms with E-state index in [0.29, 0.717) is 6.61 Å². The summed E-state index contributed by atoms with van der Waals surface area (Å²) in [6, 6.07) is 8.04. The number of anilines is 2. The summed E-state index contributed by atoms with van der Waals surface area (Å²) in [7, 11) is 0. The van der Waals surface area contributed by atoms with Gasteiger partial charge >= 0.3 is 5.97 Å². The highest BCUT2D eigenvalue weighted by molar-refractivity contribution is 14.1. The fraction of sp³-hybridized carbons (Fsp3) is 0.231. The van der Waals surface area contributed by atoms with Crippen molar-refractivity contribution in [2.24, 2.45) is 0 Å². The average Bonchev–Trinajstić information content (AvgIpc) is 2.80. The number of carbonyl (C=O) groups excluding carboxylic acids is 1. The van der Waals surface area contributed by atoms with Crippen LogP contribution in [0.1, 0.15) is 12.6 Å². The van der Waals surface area contributed by atoms with Crippen molar-refractivity contribution in [2.45, 2.75) is 13.3 Å². The van der Waals surface area contributed by atoms with Crippen molar-refractivity contribution in [3.05, 3.63) is 38.9 Å². The molecule has 0 saturated carbocycles. The molecular weight excluding hydrogens is 375 g/mol. The number of thiazole rings is 1. The first-order chi connectivity index (χ1) is 9.17. The Morgan fingerprint density at radius 2 is 2.16 bits per heavy atom. The molecular formula is C13H13IN2O2S. The quantitative estimate of drug-likeness (QED) is 0.628. The Morgan fingerprint density at radius 3 is 2.84 bits per heavy atom. The van der Waals surface area contributed by atoms with E-state index in [9.17, 15) is 4.79 Å². The maximum Gasteiger partial charge on any atom is 0.311 e.